The lowest BCUT2D eigenvalue weighted by Gasteiger charge is -2.39. The van der Waals surface area contributed by atoms with Gasteiger partial charge in [0.2, 0.25) is 0 Å². The van der Waals surface area contributed by atoms with Crippen LogP contribution in [0.2, 0.25) is 0 Å². The molecule has 4 aromatic carbocycles. The third-order valence-corrected chi connectivity index (χ3v) is 15.1. The zero-order valence-corrected chi connectivity index (χ0v) is 48.1. The Hall–Kier alpha value is -7.76. The van der Waals surface area contributed by atoms with E-state index in [4.69, 9.17) is 34.0 Å². The van der Waals surface area contributed by atoms with Crippen LogP contribution in [-0.4, -0.2) is 98.7 Å². The number of aliphatic hydroxyl groups excluding tert-OH is 2. The van der Waals surface area contributed by atoms with Crippen LogP contribution in [0.3, 0.4) is 0 Å². The van der Waals surface area contributed by atoms with Gasteiger partial charge in [-0.1, -0.05) is 113 Å². The van der Waals surface area contributed by atoms with E-state index in [1.165, 1.54) is 43.6 Å². The van der Waals surface area contributed by atoms with Crippen LogP contribution in [-0.2, 0) is 54.2 Å². The van der Waals surface area contributed by atoms with Crippen LogP contribution in [0.25, 0.3) is 56.9 Å². The second-order valence-corrected chi connectivity index (χ2v) is 22.3. The topological polar surface area (TPSA) is 212 Å². The highest BCUT2D eigenvalue weighted by atomic mass is 19.1. The second kappa shape index (κ2) is 26.7. The summed E-state index contributed by atoms with van der Waals surface area (Å²) in [4.78, 5) is 57.7. The Bertz CT molecular complexity index is 3480. The van der Waals surface area contributed by atoms with Crippen molar-refractivity contribution in [2.45, 2.75) is 148 Å². The molecule has 1 aliphatic heterocycles. The highest BCUT2D eigenvalue weighted by molar-refractivity contribution is 5.94. The van der Waals surface area contributed by atoms with Crippen LogP contribution in [0.5, 0.6) is 0 Å². The largest absolute Gasteiger partial charge is 0.481 e. The van der Waals surface area contributed by atoms with Crippen molar-refractivity contribution >= 4 is 36.0 Å². The molecule has 1 saturated heterocycles. The molecule has 6 aromatic rings. The van der Waals surface area contributed by atoms with E-state index in [-0.39, 0.29) is 48.4 Å². The van der Waals surface area contributed by atoms with Gasteiger partial charge in [-0.25, -0.2) is 18.4 Å². The molecule has 0 radical (unpaired) electrons. The Morgan fingerprint density at radius 3 is 1.72 bits per heavy atom. The molecule has 3 heterocycles. The molecule has 0 amide bonds. The number of benzene rings is 4. The van der Waals surface area contributed by atoms with Crippen molar-refractivity contribution in [2.75, 3.05) is 14.2 Å². The zero-order chi connectivity index (χ0) is 59.9. The number of ether oxygens (including phenoxy) is 4. The molecule has 2 aromatic heterocycles. The maximum absolute atomic E-state index is 14.9. The Kier molecular flexibility index (Phi) is 19.7. The fraction of sp³-hybridized carbons (Fsp3) is 0.373. The number of carbonyl (C=O) groups excluding carboxylic acids is 2. The molecule has 16 heteroatoms. The number of aliphatic carboxylic acids is 1. The summed E-state index contributed by atoms with van der Waals surface area (Å²) in [6.07, 6.45) is 9.00. The normalized spacial score (nSPS) is 17.0. The molecule has 4 atom stereocenters. The molecule has 0 saturated carbocycles. The number of nitrogens with zero attached hydrogens (tertiary/aromatic N) is 2. The van der Waals surface area contributed by atoms with E-state index in [1.54, 1.807) is 24.3 Å². The Morgan fingerprint density at radius 2 is 1.22 bits per heavy atom. The molecule has 1 fully saturated rings. The summed E-state index contributed by atoms with van der Waals surface area (Å²) < 4.78 is 51.3. The highest BCUT2D eigenvalue weighted by Gasteiger charge is 2.36. The van der Waals surface area contributed by atoms with Gasteiger partial charge < -0.3 is 39.4 Å². The number of hydrogen-bond acceptors (Lipinski definition) is 12. The van der Waals surface area contributed by atoms with Crippen LogP contribution in [0.4, 0.5) is 8.78 Å². The number of aliphatic hydroxyl groups is 2. The van der Waals surface area contributed by atoms with Crippen LogP contribution < -0.4 is 0 Å². The quantitative estimate of drug-likeness (QED) is 0.0664. The summed E-state index contributed by atoms with van der Waals surface area (Å²) in [6.45, 7) is 11.8. The van der Waals surface area contributed by atoms with E-state index in [0.29, 0.717) is 29.5 Å². The maximum atomic E-state index is 14.9. The van der Waals surface area contributed by atoms with Gasteiger partial charge in [0.1, 0.15) is 11.6 Å². The number of pyridine rings is 2. The van der Waals surface area contributed by atoms with Crippen molar-refractivity contribution in [1.29, 1.82) is 0 Å². The van der Waals surface area contributed by atoms with Crippen LogP contribution in [0.1, 0.15) is 157 Å². The number of aromatic carboxylic acids is 1. The maximum Gasteiger partial charge on any atom is 0.340 e. The summed E-state index contributed by atoms with van der Waals surface area (Å²) in [7, 11) is 2.61. The number of fused-ring (bicyclic) bond motifs is 6. The molecule has 0 unspecified atom stereocenters. The van der Waals surface area contributed by atoms with Crippen LogP contribution in [0, 0.1) is 11.6 Å². The Labute approximate surface area is 482 Å². The van der Waals surface area contributed by atoms with E-state index in [1.807, 2.05) is 64.1 Å². The van der Waals surface area contributed by atoms with E-state index in [2.05, 4.69) is 38.1 Å². The van der Waals surface area contributed by atoms with Gasteiger partial charge in [-0.3, -0.25) is 19.6 Å². The van der Waals surface area contributed by atoms with E-state index in [9.17, 15) is 43.3 Å². The molecule has 14 nitrogen and oxygen atoms in total. The number of carbonyl (C=O) groups is 4. The van der Waals surface area contributed by atoms with Crippen molar-refractivity contribution < 1.29 is 67.3 Å². The van der Waals surface area contributed by atoms with Gasteiger partial charge in [-0.05, 0) is 133 Å². The summed E-state index contributed by atoms with van der Waals surface area (Å²) in [5, 5.41) is 39.1. The van der Waals surface area contributed by atoms with Crippen molar-refractivity contribution in [3.05, 3.63) is 165 Å². The molecule has 83 heavy (non-hydrogen) atoms. The number of aryl methyl sites for hydroxylation is 2. The Morgan fingerprint density at radius 1 is 0.699 bits per heavy atom. The predicted octanol–water partition coefficient (Wildman–Crippen LogP) is 12.9. The average Bonchev–Trinajstić information content (AvgIpc) is 2.82. The molecule has 9 rings (SSSR count). The first kappa shape index (κ1) is 61.3. The van der Waals surface area contributed by atoms with Crippen molar-refractivity contribution in [3.8, 4) is 44.8 Å². The number of carboxylic acids is 2. The molecular weight excluding hydrogens is 1060 g/mol. The van der Waals surface area contributed by atoms with E-state index < -0.39 is 59.5 Å². The number of aromatic nitrogens is 2. The molecule has 4 N–H and O–H groups in total. The summed E-state index contributed by atoms with van der Waals surface area (Å²) >= 11 is 0. The third kappa shape index (κ3) is 14.4. The molecular formula is C67H72F2N2O12. The lowest BCUT2D eigenvalue weighted by molar-refractivity contribution is -0.290. The number of esters is 2. The van der Waals surface area contributed by atoms with Gasteiger partial charge in [-0.2, -0.15) is 0 Å². The van der Waals surface area contributed by atoms with Gasteiger partial charge in [0.15, 0.2) is 5.79 Å². The smallest absolute Gasteiger partial charge is 0.340 e. The summed E-state index contributed by atoms with van der Waals surface area (Å²) in [6, 6.07) is 25.0. The first-order chi connectivity index (χ1) is 39.6. The SMILES string of the molecule is CC(C)c1nc2c(c(-c3ccc(F)c(C(=O)O)c3)c1/C=C/[C@@H](O)C[C@@H](O)CC(=O)O)CCCc1ccccc1-2.COC(=O)C[C@H]1C[C@@H](/C=C/c2c(C(C)C)nc3c(c2-c2ccc(F)c(C(=O)OC)c2)CCCc2ccccc2-3)OC(C)(C)O1. The van der Waals surface area contributed by atoms with Gasteiger partial charge in [-0.15, -0.1) is 0 Å². The third-order valence-electron chi connectivity index (χ3n) is 15.1. The molecule has 436 valence electrons. The number of halogens is 2. The van der Waals surface area contributed by atoms with E-state index in [0.717, 1.165) is 99.9 Å². The minimum absolute atomic E-state index is 0.0498. The van der Waals surface area contributed by atoms with Gasteiger partial charge in [0.05, 0.1) is 85.4 Å². The first-order valence-corrected chi connectivity index (χ1v) is 28.2. The predicted molar refractivity (Wildman–Crippen MR) is 313 cm³/mol. The fourth-order valence-corrected chi connectivity index (χ4v) is 11.5. The fourth-order valence-electron chi connectivity index (χ4n) is 11.5. The number of hydrogen-bond donors (Lipinski definition) is 4. The number of rotatable bonds is 16. The summed E-state index contributed by atoms with van der Waals surface area (Å²) in [5.41, 5.74) is 13.6. The van der Waals surface area contributed by atoms with Crippen LogP contribution in [0.15, 0.2) is 97.1 Å². The zero-order valence-electron chi connectivity index (χ0n) is 48.1. The highest BCUT2D eigenvalue weighted by Crippen LogP contribution is 2.45. The van der Waals surface area contributed by atoms with Crippen molar-refractivity contribution in [2.24, 2.45) is 0 Å². The van der Waals surface area contributed by atoms with E-state index >= 15 is 0 Å². The average molecular weight is 1140 g/mol. The first-order valence-electron chi connectivity index (χ1n) is 28.2. The number of carboxylic acid groups (broad SMARTS) is 2. The van der Waals surface area contributed by atoms with Crippen molar-refractivity contribution in [3.63, 3.8) is 0 Å². The van der Waals surface area contributed by atoms with Crippen molar-refractivity contribution in [1.82, 2.24) is 9.97 Å². The second-order valence-electron chi connectivity index (χ2n) is 22.3. The molecule has 0 bridgehead atoms. The standard InChI is InChI=1S/C36H40FNO6.C31H32FNO6/c1-21(2)33-28(16-15-24-19-25(20-31(39)41-5)44-36(3,4)43-24)32(23-14-17-30(37)29(18-23)35(40)42-6)27-13-9-11-22-10-7-8-12-26(22)34(27)38-33;1-17(2)29-24(12-11-20(34)15-21(35)16-27(36)37)28(19-10-13-26(32)25(14-19)31(38)39)23-9-5-7-18-6-3-4-8-22(18)30(23)33-29/h7-8,10,12,14-18,21,24-25H,9,11,13,19-20H2,1-6H3;3-4,6,8,10-14,17,20-21,34-35H,5,7,9,15-16H2,1-2H3,(H,36,37)(H,38,39)/b16-15+;12-11+/t24-,25-;20-,21-/m11/s1. The van der Waals surface area contributed by atoms with Crippen LogP contribution >= 0.6 is 0 Å². The lowest BCUT2D eigenvalue weighted by Crippen LogP contribution is -2.44. The molecule has 0 spiro atoms. The lowest BCUT2D eigenvalue weighted by atomic mass is 9.86. The molecule has 3 aliphatic rings. The minimum atomic E-state index is -1.37. The Balaban J connectivity index is 0.000000219. The number of methoxy groups -OCH3 is 2. The van der Waals surface area contributed by atoms with Gasteiger partial charge >= 0.3 is 23.9 Å². The monoisotopic (exact) mass is 1130 g/mol. The summed E-state index contributed by atoms with van der Waals surface area (Å²) in [5.74, 6) is -5.99. The molecule has 2 aliphatic carbocycles. The minimum Gasteiger partial charge on any atom is -0.481 e. The van der Waals surface area contributed by atoms with Gasteiger partial charge in [0, 0.05) is 35.1 Å². The van der Waals surface area contributed by atoms with Gasteiger partial charge in [0.25, 0.3) is 0 Å².